The van der Waals surface area contributed by atoms with Crippen molar-refractivity contribution in [2.45, 2.75) is 12.5 Å². The number of hydrogen-bond acceptors (Lipinski definition) is 3. The molecule has 1 aromatic heterocycles. The maximum atomic E-state index is 5.29. The lowest BCUT2D eigenvalue weighted by atomic mass is 10.0. The second-order valence-corrected chi connectivity index (χ2v) is 7.33. The minimum atomic E-state index is 0.297. The van der Waals surface area contributed by atoms with Gasteiger partial charge in [-0.25, -0.2) is 0 Å². The number of thiophene rings is 1. The average molecular weight is 405 g/mol. The van der Waals surface area contributed by atoms with Crippen molar-refractivity contribution in [3.63, 3.8) is 0 Å². The Morgan fingerprint density at radius 3 is 2.68 bits per heavy atom. The third-order valence-electron chi connectivity index (χ3n) is 3.02. The van der Waals surface area contributed by atoms with Gasteiger partial charge < -0.3 is 10.1 Å². The maximum Gasteiger partial charge on any atom is 0.119 e. The van der Waals surface area contributed by atoms with Gasteiger partial charge in [-0.05, 0) is 70.2 Å². The number of methoxy groups -OCH3 is 1. The summed E-state index contributed by atoms with van der Waals surface area (Å²) in [5.41, 5.74) is 2.54. The van der Waals surface area contributed by atoms with Crippen molar-refractivity contribution in [1.82, 2.24) is 5.32 Å². The summed E-state index contributed by atoms with van der Waals surface area (Å²) < 4.78 is 7.56. The molecule has 0 saturated heterocycles. The van der Waals surface area contributed by atoms with Crippen LogP contribution in [0.25, 0.3) is 0 Å². The molecule has 2 rings (SSSR count). The number of rotatable bonds is 5. The van der Waals surface area contributed by atoms with Gasteiger partial charge >= 0.3 is 0 Å². The highest BCUT2D eigenvalue weighted by Crippen LogP contribution is 2.30. The first-order valence-corrected chi connectivity index (χ1v) is 8.34. The van der Waals surface area contributed by atoms with Gasteiger partial charge in [-0.1, -0.05) is 15.9 Å². The quantitative estimate of drug-likeness (QED) is 0.773. The molecule has 0 saturated carbocycles. The Balaban J connectivity index is 2.23. The van der Waals surface area contributed by atoms with Gasteiger partial charge in [0, 0.05) is 10.5 Å². The van der Waals surface area contributed by atoms with Crippen LogP contribution in [-0.4, -0.2) is 14.2 Å². The van der Waals surface area contributed by atoms with Gasteiger partial charge in [-0.3, -0.25) is 0 Å². The minimum Gasteiger partial charge on any atom is -0.497 e. The van der Waals surface area contributed by atoms with E-state index in [0.717, 1.165) is 20.4 Å². The van der Waals surface area contributed by atoms with Gasteiger partial charge in [0.15, 0.2) is 0 Å². The number of likely N-dealkylation sites (N-methyl/N-ethyl adjacent to an activating group) is 1. The molecule has 1 unspecified atom stereocenters. The zero-order chi connectivity index (χ0) is 13.8. The van der Waals surface area contributed by atoms with Crippen molar-refractivity contribution in [1.29, 1.82) is 0 Å². The lowest BCUT2D eigenvalue weighted by Crippen LogP contribution is -2.18. The number of nitrogens with one attached hydrogen (secondary N) is 1. The molecule has 1 heterocycles. The molecule has 0 amide bonds. The summed E-state index contributed by atoms with van der Waals surface area (Å²) in [4.78, 5) is 0. The molecule has 0 bridgehead atoms. The van der Waals surface area contributed by atoms with Crippen molar-refractivity contribution in [2.24, 2.45) is 0 Å². The summed E-state index contributed by atoms with van der Waals surface area (Å²) in [5.74, 6) is 0.888. The van der Waals surface area contributed by atoms with Gasteiger partial charge in [0.25, 0.3) is 0 Å². The van der Waals surface area contributed by atoms with Crippen molar-refractivity contribution >= 4 is 43.2 Å². The highest BCUT2D eigenvalue weighted by atomic mass is 79.9. The number of ether oxygens (including phenoxy) is 1. The van der Waals surface area contributed by atoms with Crippen molar-refractivity contribution < 1.29 is 4.74 Å². The van der Waals surface area contributed by atoms with Crippen LogP contribution in [0.1, 0.15) is 17.2 Å². The molecule has 0 aliphatic carbocycles. The molecule has 0 fully saturated rings. The second kappa shape index (κ2) is 6.88. The van der Waals surface area contributed by atoms with Gasteiger partial charge in [0.05, 0.1) is 10.9 Å². The van der Waals surface area contributed by atoms with Gasteiger partial charge in [0.2, 0.25) is 0 Å². The number of benzene rings is 1. The zero-order valence-electron chi connectivity index (χ0n) is 10.7. The highest BCUT2D eigenvalue weighted by molar-refractivity contribution is 9.11. The van der Waals surface area contributed by atoms with Crippen molar-refractivity contribution in [3.8, 4) is 5.75 Å². The van der Waals surface area contributed by atoms with E-state index in [0.29, 0.717) is 6.04 Å². The van der Waals surface area contributed by atoms with Crippen molar-refractivity contribution in [3.05, 3.63) is 49.0 Å². The van der Waals surface area contributed by atoms with Crippen LogP contribution in [0, 0.1) is 0 Å². The Labute approximate surface area is 134 Å². The molecule has 2 aromatic rings. The molecule has 0 radical (unpaired) electrons. The fraction of sp³-hybridized carbons (Fsp3) is 0.286. The van der Waals surface area contributed by atoms with Crippen LogP contribution < -0.4 is 10.1 Å². The van der Waals surface area contributed by atoms with E-state index in [1.54, 1.807) is 18.4 Å². The molecule has 0 aliphatic heterocycles. The molecule has 5 heteroatoms. The molecule has 19 heavy (non-hydrogen) atoms. The first kappa shape index (κ1) is 15.0. The Bertz CT molecular complexity index is 556. The van der Waals surface area contributed by atoms with E-state index in [4.69, 9.17) is 4.74 Å². The van der Waals surface area contributed by atoms with E-state index in [1.807, 2.05) is 19.2 Å². The predicted octanol–water partition coefficient (Wildman–Crippen LogP) is 4.78. The van der Waals surface area contributed by atoms with Crippen LogP contribution in [0.2, 0.25) is 0 Å². The first-order valence-electron chi connectivity index (χ1n) is 5.87. The van der Waals surface area contributed by atoms with E-state index in [2.05, 4.69) is 54.7 Å². The van der Waals surface area contributed by atoms with Gasteiger partial charge in [-0.2, -0.15) is 0 Å². The zero-order valence-corrected chi connectivity index (χ0v) is 14.7. The van der Waals surface area contributed by atoms with E-state index in [9.17, 15) is 0 Å². The van der Waals surface area contributed by atoms with Gasteiger partial charge in [-0.15, -0.1) is 11.3 Å². The second-order valence-electron chi connectivity index (χ2n) is 4.19. The lowest BCUT2D eigenvalue weighted by Gasteiger charge is -2.16. The topological polar surface area (TPSA) is 21.3 Å². The fourth-order valence-corrected chi connectivity index (χ4v) is 3.59. The summed E-state index contributed by atoms with van der Waals surface area (Å²) in [7, 11) is 3.68. The van der Waals surface area contributed by atoms with Crippen LogP contribution in [0.15, 0.2) is 37.9 Å². The first-order chi connectivity index (χ1) is 9.13. The molecule has 1 aromatic carbocycles. The summed E-state index contributed by atoms with van der Waals surface area (Å²) in [6, 6.07) is 8.54. The smallest absolute Gasteiger partial charge is 0.119 e. The third-order valence-corrected chi connectivity index (χ3v) is 5.31. The molecule has 1 N–H and O–H groups in total. The normalized spacial score (nSPS) is 12.4. The van der Waals surface area contributed by atoms with E-state index in [-0.39, 0.29) is 0 Å². The van der Waals surface area contributed by atoms with Crippen LogP contribution in [-0.2, 0) is 6.42 Å². The van der Waals surface area contributed by atoms with Crippen LogP contribution in [0.4, 0.5) is 0 Å². The number of hydrogen-bond donors (Lipinski definition) is 1. The van der Waals surface area contributed by atoms with Gasteiger partial charge in [0.1, 0.15) is 5.75 Å². The predicted molar refractivity (Wildman–Crippen MR) is 88.2 cm³/mol. The lowest BCUT2D eigenvalue weighted by molar-refractivity contribution is 0.414. The Hall–Kier alpha value is -0.360. The fourth-order valence-electron chi connectivity index (χ4n) is 1.95. The van der Waals surface area contributed by atoms with Crippen LogP contribution in [0.3, 0.4) is 0 Å². The summed E-state index contributed by atoms with van der Waals surface area (Å²) in [5, 5.41) is 5.55. The van der Waals surface area contributed by atoms with E-state index >= 15 is 0 Å². The molecule has 102 valence electrons. The highest BCUT2D eigenvalue weighted by Gasteiger charge is 2.14. The third kappa shape index (κ3) is 3.81. The summed E-state index contributed by atoms with van der Waals surface area (Å²) in [6.07, 6.45) is 0.914. The molecule has 0 aliphatic rings. The Morgan fingerprint density at radius 2 is 2.11 bits per heavy atom. The maximum absolute atomic E-state index is 5.29. The Kier molecular flexibility index (Phi) is 5.45. The van der Waals surface area contributed by atoms with E-state index < -0.39 is 0 Å². The van der Waals surface area contributed by atoms with Crippen molar-refractivity contribution in [2.75, 3.05) is 14.2 Å². The standard InChI is InChI=1S/C14H15Br2NOS/c1-17-13(10-7-14(16)19-8-10)6-9-5-11(18-2)3-4-12(9)15/h3-5,7-8,13,17H,6H2,1-2H3. The average Bonchev–Trinajstić information content (AvgIpc) is 2.84. The molecular weight excluding hydrogens is 390 g/mol. The largest absolute Gasteiger partial charge is 0.497 e. The summed E-state index contributed by atoms with van der Waals surface area (Å²) >= 11 is 8.83. The molecule has 1 atom stereocenters. The van der Waals surface area contributed by atoms with Crippen LogP contribution >= 0.6 is 43.2 Å². The van der Waals surface area contributed by atoms with Crippen LogP contribution in [0.5, 0.6) is 5.75 Å². The number of halogens is 2. The molecule has 0 spiro atoms. The summed E-state index contributed by atoms with van der Waals surface area (Å²) in [6.45, 7) is 0. The monoisotopic (exact) mass is 403 g/mol. The Morgan fingerprint density at radius 1 is 1.32 bits per heavy atom. The molecular formula is C14H15Br2NOS. The SMILES string of the molecule is CNC(Cc1cc(OC)ccc1Br)c1csc(Br)c1. The minimum absolute atomic E-state index is 0.297. The van der Waals surface area contributed by atoms with E-state index in [1.165, 1.54) is 11.1 Å². The molecule has 2 nitrogen and oxygen atoms in total.